The molecule has 0 radical (unpaired) electrons. The average molecular weight is 206 g/mol. The molecule has 2 aromatic rings. The van der Waals surface area contributed by atoms with Gasteiger partial charge in [0.15, 0.2) is 11.3 Å². The van der Waals surface area contributed by atoms with E-state index in [0.29, 0.717) is 11.3 Å². The van der Waals surface area contributed by atoms with Crippen LogP contribution in [-0.4, -0.2) is 20.2 Å². The Labute approximate surface area is 86.4 Å². The number of fused-ring (bicyclic) bond motifs is 1. The molecule has 1 aromatic carbocycles. The van der Waals surface area contributed by atoms with Crippen molar-refractivity contribution in [2.45, 2.75) is 0 Å². The summed E-state index contributed by atoms with van der Waals surface area (Å²) in [4.78, 5) is 11.2. The zero-order valence-electron chi connectivity index (χ0n) is 8.44. The van der Waals surface area contributed by atoms with Crippen LogP contribution in [0.25, 0.3) is 11.0 Å². The first-order valence-electron chi connectivity index (χ1n) is 4.41. The van der Waals surface area contributed by atoms with E-state index in [2.05, 4.69) is 4.74 Å². The Kier molecular flexibility index (Phi) is 2.33. The van der Waals surface area contributed by atoms with Gasteiger partial charge in [-0.25, -0.2) is 4.79 Å². The van der Waals surface area contributed by atoms with Crippen molar-refractivity contribution in [2.75, 3.05) is 14.2 Å². The molecule has 0 aliphatic carbocycles. The van der Waals surface area contributed by atoms with Gasteiger partial charge in [-0.05, 0) is 12.1 Å². The zero-order valence-corrected chi connectivity index (χ0v) is 8.44. The molecule has 0 saturated heterocycles. The third-order valence-corrected chi connectivity index (χ3v) is 2.11. The normalized spacial score (nSPS) is 10.3. The van der Waals surface area contributed by atoms with Crippen LogP contribution in [0.15, 0.2) is 28.7 Å². The van der Waals surface area contributed by atoms with Gasteiger partial charge >= 0.3 is 5.97 Å². The highest BCUT2D eigenvalue weighted by Gasteiger charge is 2.14. The third-order valence-electron chi connectivity index (χ3n) is 2.11. The van der Waals surface area contributed by atoms with Crippen LogP contribution in [0, 0.1) is 0 Å². The summed E-state index contributed by atoms with van der Waals surface area (Å²) in [5, 5.41) is 0.815. The number of rotatable bonds is 2. The van der Waals surface area contributed by atoms with E-state index < -0.39 is 5.97 Å². The number of methoxy groups -OCH3 is 2. The molecule has 2 rings (SSSR count). The first kappa shape index (κ1) is 9.58. The molecule has 1 heterocycles. The molecule has 78 valence electrons. The van der Waals surface area contributed by atoms with Gasteiger partial charge < -0.3 is 13.9 Å². The topological polar surface area (TPSA) is 48.7 Å². The van der Waals surface area contributed by atoms with Gasteiger partial charge in [0.25, 0.3) is 0 Å². The SMILES string of the molecule is COC(=O)c1cc2cccc(OC)c2o1. The highest BCUT2D eigenvalue weighted by Crippen LogP contribution is 2.28. The largest absolute Gasteiger partial charge is 0.493 e. The van der Waals surface area contributed by atoms with Crippen LogP contribution in [-0.2, 0) is 4.74 Å². The molecule has 0 atom stereocenters. The third kappa shape index (κ3) is 1.54. The molecule has 0 saturated carbocycles. The number of hydrogen-bond acceptors (Lipinski definition) is 4. The summed E-state index contributed by atoms with van der Waals surface area (Å²) in [7, 11) is 2.86. The van der Waals surface area contributed by atoms with E-state index in [0.717, 1.165) is 5.39 Å². The number of hydrogen-bond donors (Lipinski definition) is 0. The smallest absolute Gasteiger partial charge is 0.373 e. The van der Waals surface area contributed by atoms with Crippen molar-refractivity contribution in [1.29, 1.82) is 0 Å². The first-order valence-corrected chi connectivity index (χ1v) is 4.41. The summed E-state index contributed by atoms with van der Waals surface area (Å²) in [5.74, 6) is 0.285. The number of esters is 1. The molecule has 0 unspecified atom stereocenters. The number of carbonyl (C=O) groups excluding carboxylic acids is 1. The number of ether oxygens (including phenoxy) is 2. The second-order valence-electron chi connectivity index (χ2n) is 2.98. The fraction of sp³-hybridized carbons (Fsp3) is 0.182. The van der Waals surface area contributed by atoms with Gasteiger partial charge in [-0.15, -0.1) is 0 Å². The molecule has 0 aliphatic rings. The Morgan fingerprint density at radius 1 is 1.33 bits per heavy atom. The highest BCUT2D eigenvalue weighted by atomic mass is 16.5. The predicted molar refractivity (Wildman–Crippen MR) is 54.1 cm³/mol. The fourth-order valence-corrected chi connectivity index (χ4v) is 1.40. The molecule has 0 N–H and O–H groups in total. The van der Waals surface area contributed by atoms with E-state index in [1.807, 2.05) is 12.1 Å². The van der Waals surface area contributed by atoms with Crippen molar-refractivity contribution in [1.82, 2.24) is 0 Å². The van der Waals surface area contributed by atoms with Crippen LogP contribution in [0.4, 0.5) is 0 Å². The highest BCUT2D eigenvalue weighted by molar-refractivity contribution is 5.94. The van der Waals surface area contributed by atoms with Gasteiger partial charge in [-0.3, -0.25) is 0 Å². The van der Waals surface area contributed by atoms with Crippen molar-refractivity contribution in [2.24, 2.45) is 0 Å². The number of carbonyl (C=O) groups is 1. The maximum absolute atomic E-state index is 11.2. The molecule has 0 bridgehead atoms. The maximum atomic E-state index is 11.2. The lowest BCUT2D eigenvalue weighted by Crippen LogP contribution is -1.97. The van der Waals surface area contributed by atoms with Crippen LogP contribution in [0.5, 0.6) is 5.75 Å². The maximum Gasteiger partial charge on any atom is 0.373 e. The molecular weight excluding hydrogens is 196 g/mol. The van der Waals surface area contributed by atoms with Gasteiger partial charge in [0.05, 0.1) is 14.2 Å². The van der Waals surface area contributed by atoms with Crippen molar-refractivity contribution in [3.8, 4) is 5.75 Å². The Morgan fingerprint density at radius 2 is 2.13 bits per heavy atom. The number of benzene rings is 1. The van der Waals surface area contributed by atoms with E-state index in [1.54, 1.807) is 19.2 Å². The van der Waals surface area contributed by atoms with Crippen LogP contribution < -0.4 is 4.74 Å². The second-order valence-corrected chi connectivity index (χ2v) is 2.98. The summed E-state index contributed by atoms with van der Waals surface area (Å²) in [6, 6.07) is 7.07. The Hall–Kier alpha value is -1.97. The summed E-state index contributed by atoms with van der Waals surface area (Å²) < 4.78 is 15.0. The monoisotopic (exact) mass is 206 g/mol. The lowest BCUT2D eigenvalue weighted by atomic mass is 10.2. The average Bonchev–Trinajstić information content (AvgIpc) is 2.71. The molecule has 0 fully saturated rings. The standard InChI is InChI=1S/C11H10O4/c1-13-8-5-3-4-7-6-9(11(12)14-2)15-10(7)8/h3-6H,1-2H3. The van der Waals surface area contributed by atoms with Crippen LogP contribution in [0.1, 0.15) is 10.6 Å². The van der Waals surface area contributed by atoms with Gasteiger partial charge in [-0.1, -0.05) is 12.1 Å². The predicted octanol–water partition coefficient (Wildman–Crippen LogP) is 2.23. The molecule has 4 nitrogen and oxygen atoms in total. The first-order chi connectivity index (χ1) is 7.26. The Morgan fingerprint density at radius 3 is 2.80 bits per heavy atom. The van der Waals surface area contributed by atoms with Crippen LogP contribution >= 0.6 is 0 Å². The van der Waals surface area contributed by atoms with Gasteiger partial charge in [-0.2, -0.15) is 0 Å². The minimum Gasteiger partial charge on any atom is -0.493 e. The van der Waals surface area contributed by atoms with Gasteiger partial charge in [0, 0.05) is 5.39 Å². The van der Waals surface area contributed by atoms with E-state index in [9.17, 15) is 4.79 Å². The summed E-state index contributed by atoms with van der Waals surface area (Å²) in [6.45, 7) is 0. The fourth-order valence-electron chi connectivity index (χ4n) is 1.40. The van der Waals surface area contributed by atoms with Gasteiger partial charge in [0.1, 0.15) is 0 Å². The molecule has 1 aromatic heterocycles. The zero-order chi connectivity index (χ0) is 10.8. The number of furan rings is 1. The lowest BCUT2D eigenvalue weighted by Gasteiger charge is -1.98. The molecule has 4 heteroatoms. The molecule has 0 spiro atoms. The van der Waals surface area contributed by atoms with E-state index in [-0.39, 0.29) is 5.76 Å². The second kappa shape index (κ2) is 3.65. The molecule has 15 heavy (non-hydrogen) atoms. The van der Waals surface area contributed by atoms with Crippen molar-refractivity contribution in [3.05, 3.63) is 30.0 Å². The molecular formula is C11H10O4. The van der Waals surface area contributed by atoms with Gasteiger partial charge in [0.2, 0.25) is 5.76 Å². The van der Waals surface area contributed by atoms with Crippen molar-refractivity contribution >= 4 is 16.9 Å². The van der Waals surface area contributed by atoms with E-state index in [4.69, 9.17) is 9.15 Å². The van der Waals surface area contributed by atoms with Crippen LogP contribution in [0.2, 0.25) is 0 Å². The Bertz CT molecular complexity index is 498. The summed E-state index contributed by atoms with van der Waals surface area (Å²) >= 11 is 0. The van der Waals surface area contributed by atoms with Crippen molar-refractivity contribution in [3.63, 3.8) is 0 Å². The molecule has 0 amide bonds. The Balaban J connectivity index is 2.60. The number of para-hydroxylation sites is 1. The minimum atomic E-state index is -0.492. The minimum absolute atomic E-state index is 0.178. The van der Waals surface area contributed by atoms with Crippen LogP contribution in [0.3, 0.4) is 0 Å². The van der Waals surface area contributed by atoms with Crippen molar-refractivity contribution < 1.29 is 18.7 Å². The quantitative estimate of drug-likeness (QED) is 0.707. The van der Waals surface area contributed by atoms with E-state index in [1.165, 1.54) is 7.11 Å². The summed E-state index contributed by atoms with van der Waals surface area (Å²) in [6.07, 6.45) is 0. The molecule has 0 aliphatic heterocycles. The van der Waals surface area contributed by atoms with E-state index >= 15 is 0 Å². The summed E-state index contributed by atoms with van der Waals surface area (Å²) in [5.41, 5.74) is 0.556. The lowest BCUT2D eigenvalue weighted by molar-refractivity contribution is 0.0567.